The van der Waals surface area contributed by atoms with Crippen LogP contribution >= 0.6 is 0 Å². The Morgan fingerprint density at radius 3 is 2.52 bits per heavy atom. The molecule has 0 saturated carbocycles. The van der Waals surface area contributed by atoms with Gasteiger partial charge in [-0.1, -0.05) is 48.5 Å². The van der Waals surface area contributed by atoms with Crippen molar-refractivity contribution in [2.45, 2.75) is 12.5 Å². The van der Waals surface area contributed by atoms with Crippen LogP contribution in [0.15, 0.2) is 84.1 Å². The van der Waals surface area contributed by atoms with Crippen molar-refractivity contribution in [2.75, 3.05) is 0 Å². The monoisotopic (exact) mass is 300 g/mol. The van der Waals surface area contributed by atoms with Gasteiger partial charge in [-0.3, -0.25) is 4.98 Å². The van der Waals surface area contributed by atoms with Gasteiger partial charge >= 0.3 is 0 Å². The SMILES string of the molecule is c1ccc(C2Cc3ccccc3N=C(c3cccnc3)O2)cc1. The maximum atomic E-state index is 6.28. The highest BCUT2D eigenvalue weighted by atomic mass is 16.5. The second kappa shape index (κ2) is 6.05. The Labute approximate surface area is 135 Å². The summed E-state index contributed by atoms with van der Waals surface area (Å²) >= 11 is 0. The smallest absolute Gasteiger partial charge is 0.223 e. The minimum absolute atomic E-state index is 0.0567. The molecule has 0 fully saturated rings. The van der Waals surface area contributed by atoms with Gasteiger partial charge in [0.2, 0.25) is 5.90 Å². The average Bonchev–Trinajstić information content (AvgIpc) is 2.83. The maximum Gasteiger partial charge on any atom is 0.223 e. The Morgan fingerprint density at radius 1 is 0.870 bits per heavy atom. The summed E-state index contributed by atoms with van der Waals surface area (Å²) in [7, 11) is 0. The van der Waals surface area contributed by atoms with Gasteiger partial charge in [0.25, 0.3) is 0 Å². The number of benzene rings is 2. The molecule has 23 heavy (non-hydrogen) atoms. The van der Waals surface area contributed by atoms with E-state index in [1.54, 1.807) is 12.4 Å². The molecule has 112 valence electrons. The molecule has 0 bridgehead atoms. The summed E-state index contributed by atoms with van der Waals surface area (Å²) in [4.78, 5) is 8.92. The van der Waals surface area contributed by atoms with Gasteiger partial charge < -0.3 is 4.74 Å². The lowest BCUT2D eigenvalue weighted by Gasteiger charge is -2.18. The first-order valence-corrected chi connectivity index (χ1v) is 7.69. The molecule has 2 heterocycles. The van der Waals surface area contributed by atoms with Crippen LogP contribution in [0.5, 0.6) is 0 Å². The molecule has 3 heteroatoms. The number of pyridine rings is 1. The molecule has 4 rings (SSSR count). The molecular weight excluding hydrogens is 284 g/mol. The topological polar surface area (TPSA) is 34.5 Å². The fourth-order valence-corrected chi connectivity index (χ4v) is 2.78. The van der Waals surface area contributed by atoms with E-state index in [1.165, 1.54) is 5.56 Å². The molecule has 1 aliphatic heterocycles. The largest absolute Gasteiger partial charge is 0.469 e. The molecule has 1 aromatic heterocycles. The van der Waals surface area contributed by atoms with Crippen LogP contribution in [-0.2, 0) is 11.2 Å². The van der Waals surface area contributed by atoms with Crippen molar-refractivity contribution in [3.8, 4) is 0 Å². The van der Waals surface area contributed by atoms with Crippen LogP contribution in [0.3, 0.4) is 0 Å². The van der Waals surface area contributed by atoms with Crippen LogP contribution < -0.4 is 0 Å². The third-order valence-electron chi connectivity index (χ3n) is 3.95. The summed E-state index contributed by atoms with van der Waals surface area (Å²) in [5.74, 6) is 0.622. The third-order valence-corrected chi connectivity index (χ3v) is 3.95. The number of aliphatic imine (C=N–C) groups is 1. The minimum Gasteiger partial charge on any atom is -0.469 e. The Balaban J connectivity index is 1.81. The summed E-state index contributed by atoms with van der Waals surface area (Å²) < 4.78 is 6.28. The van der Waals surface area contributed by atoms with E-state index >= 15 is 0 Å². The Hall–Kier alpha value is -2.94. The van der Waals surface area contributed by atoms with Crippen molar-refractivity contribution in [1.82, 2.24) is 4.98 Å². The van der Waals surface area contributed by atoms with E-state index in [2.05, 4.69) is 23.2 Å². The number of ether oxygens (including phenoxy) is 1. The van der Waals surface area contributed by atoms with Crippen molar-refractivity contribution in [3.63, 3.8) is 0 Å². The molecule has 0 N–H and O–H groups in total. The third kappa shape index (κ3) is 2.86. The summed E-state index contributed by atoms with van der Waals surface area (Å²) in [6.07, 6.45) is 4.28. The molecule has 1 aliphatic rings. The normalized spacial score (nSPS) is 16.7. The number of hydrogen-bond acceptors (Lipinski definition) is 3. The summed E-state index contributed by atoms with van der Waals surface area (Å²) in [6, 6.07) is 22.4. The van der Waals surface area contributed by atoms with Crippen LogP contribution in [-0.4, -0.2) is 10.9 Å². The van der Waals surface area contributed by atoms with Gasteiger partial charge in [0.05, 0.1) is 11.3 Å². The average molecular weight is 300 g/mol. The van der Waals surface area contributed by atoms with Crippen molar-refractivity contribution < 1.29 is 4.74 Å². The number of fused-ring (bicyclic) bond motifs is 1. The number of hydrogen-bond donors (Lipinski definition) is 0. The predicted octanol–water partition coefficient (Wildman–Crippen LogP) is 4.47. The number of aromatic nitrogens is 1. The first kappa shape index (κ1) is 13.7. The summed E-state index contributed by atoms with van der Waals surface area (Å²) in [5, 5.41) is 0. The fourth-order valence-electron chi connectivity index (χ4n) is 2.78. The molecular formula is C20H16N2O. The number of rotatable bonds is 2. The Kier molecular flexibility index (Phi) is 3.60. The summed E-state index contributed by atoms with van der Waals surface area (Å²) in [6.45, 7) is 0. The van der Waals surface area contributed by atoms with Crippen molar-refractivity contribution in [1.29, 1.82) is 0 Å². The molecule has 1 unspecified atom stereocenters. The molecule has 0 aliphatic carbocycles. The van der Waals surface area contributed by atoms with E-state index in [0.29, 0.717) is 5.90 Å². The fraction of sp³-hybridized carbons (Fsp3) is 0.100. The quantitative estimate of drug-likeness (QED) is 0.699. The molecule has 3 aromatic rings. The highest BCUT2D eigenvalue weighted by Gasteiger charge is 2.22. The van der Waals surface area contributed by atoms with E-state index in [0.717, 1.165) is 23.2 Å². The van der Waals surface area contributed by atoms with Crippen LogP contribution in [0.2, 0.25) is 0 Å². The molecule has 1 atom stereocenters. The van der Waals surface area contributed by atoms with Gasteiger partial charge in [0.15, 0.2) is 0 Å². The zero-order valence-electron chi connectivity index (χ0n) is 12.6. The highest BCUT2D eigenvalue weighted by molar-refractivity contribution is 5.96. The van der Waals surface area contributed by atoms with E-state index in [-0.39, 0.29) is 6.10 Å². The van der Waals surface area contributed by atoms with Crippen molar-refractivity contribution >= 4 is 11.6 Å². The first-order chi connectivity index (χ1) is 11.4. The zero-order chi connectivity index (χ0) is 15.5. The lowest BCUT2D eigenvalue weighted by atomic mass is 10.0. The Bertz CT molecular complexity index is 829. The van der Waals surface area contributed by atoms with Crippen molar-refractivity contribution in [3.05, 3.63) is 95.8 Å². The van der Waals surface area contributed by atoms with Gasteiger partial charge in [0, 0.05) is 18.8 Å². The second-order valence-electron chi connectivity index (χ2n) is 5.51. The second-order valence-corrected chi connectivity index (χ2v) is 5.51. The maximum absolute atomic E-state index is 6.28. The first-order valence-electron chi connectivity index (χ1n) is 7.69. The van der Waals surface area contributed by atoms with Crippen LogP contribution in [0.25, 0.3) is 0 Å². The molecule has 0 saturated heterocycles. The van der Waals surface area contributed by atoms with Crippen LogP contribution in [0.4, 0.5) is 5.69 Å². The van der Waals surface area contributed by atoms with E-state index in [1.807, 2.05) is 48.5 Å². The Morgan fingerprint density at radius 2 is 1.70 bits per heavy atom. The van der Waals surface area contributed by atoms with E-state index in [9.17, 15) is 0 Å². The zero-order valence-corrected chi connectivity index (χ0v) is 12.6. The van der Waals surface area contributed by atoms with E-state index in [4.69, 9.17) is 9.73 Å². The van der Waals surface area contributed by atoms with Gasteiger partial charge in [0.1, 0.15) is 6.10 Å². The van der Waals surface area contributed by atoms with Crippen molar-refractivity contribution in [2.24, 2.45) is 4.99 Å². The minimum atomic E-state index is -0.0567. The van der Waals surface area contributed by atoms with Crippen LogP contribution in [0, 0.1) is 0 Å². The van der Waals surface area contributed by atoms with Crippen LogP contribution in [0.1, 0.15) is 22.8 Å². The van der Waals surface area contributed by atoms with Gasteiger partial charge in [-0.05, 0) is 29.3 Å². The van der Waals surface area contributed by atoms with E-state index < -0.39 is 0 Å². The predicted molar refractivity (Wildman–Crippen MR) is 90.8 cm³/mol. The van der Waals surface area contributed by atoms with Gasteiger partial charge in [-0.2, -0.15) is 0 Å². The standard InChI is InChI=1S/C20H16N2O/c1-2-7-15(8-3-1)19-13-16-9-4-5-11-18(16)22-20(23-19)17-10-6-12-21-14-17/h1-12,14,19H,13H2. The molecule has 2 aromatic carbocycles. The lowest BCUT2D eigenvalue weighted by Crippen LogP contribution is -2.13. The van der Waals surface area contributed by atoms with Gasteiger partial charge in [-0.15, -0.1) is 0 Å². The molecule has 0 amide bonds. The molecule has 0 spiro atoms. The summed E-state index contributed by atoms with van der Waals surface area (Å²) in [5.41, 5.74) is 4.20. The molecule has 3 nitrogen and oxygen atoms in total. The number of para-hydroxylation sites is 1. The molecule has 0 radical (unpaired) electrons. The lowest BCUT2D eigenvalue weighted by molar-refractivity contribution is 0.196. The van der Waals surface area contributed by atoms with Gasteiger partial charge in [-0.25, -0.2) is 4.99 Å². The highest BCUT2D eigenvalue weighted by Crippen LogP contribution is 2.32. The number of nitrogens with zero attached hydrogens (tertiary/aromatic N) is 2.